The van der Waals surface area contributed by atoms with Crippen LogP contribution in [0.25, 0.3) is 0 Å². The summed E-state index contributed by atoms with van der Waals surface area (Å²) in [5, 5.41) is 9.57. The van der Waals surface area contributed by atoms with Crippen LogP contribution in [0.3, 0.4) is 0 Å². The highest BCUT2D eigenvalue weighted by Crippen LogP contribution is 2.70. The number of hydrogen-bond donors (Lipinski definition) is 1. The first kappa shape index (κ1) is 12.9. The summed E-state index contributed by atoms with van der Waals surface area (Å²) in [6.07, 6.45) is 5.59. The van der Waals surface area contributed by atoms with Crippen molar-refractivity contribution in [2.24, 2.45) is 28.6 Å². The molecule has 1 N–H and O–H groups in total. The first-order chi connectivity index (χ1) is 7.81. The Labute approximate surface area is 105 Å². The highest BCUT2D eigenvalue weighted by molar-refractivity contribution is 5.80. The number of carboxylic acid groups (broad SMARTS) is 1. The largest absolute Gasteiger partial charge is 0.481 e. The van der Waals surface area contributed by atoms with Crippen molar-refractivity contribution in [3.05, 3.63) is 0 Å². The van der Waals surface area contributed by atoms with E-state index in [1.807, 2.05) is 0 Å². The van der Waals surface area contributed by atoms with E-state index in [4.69, 9.17) is 0 Å². The van der Waals surface area contributed by atoms with Crippen LogP contribution in [0.4, 0.5) is 0 Å². The molecule has 2 aliphatic carbocycles. The third-order valence-electron chi connectivity index (χ3n) is 5.60. The van der Waals surface area contributed by atoms with Gasteiger partial charge in [-0.25, -0.2) is 0 Å². The van der Waals surface area contributed by atoms with Gasteiger partial charge in [-0.3, -0.25) is 4.79 Å². The van der Waals surface area contributed by atoms with Gasteiger partial charge in [-0.1, -0.05) is 27.7 Å². The Hall–Kier alpha value is -0.530. The van der Waals surface area contributed by atoms with Crippen molar-refractivity contribution in [3.63, 3.8) is 0 Å². The second-order valence-electron chi connectivity index (χ2n) is 7.19. The van der Waals surface area contributed by atoms with E-state index in [1.165, 1.54) is 12.8 Å². The standard InChI is InChI=1S/C15H26O2/c1-10(2)11-5-7-12(8-6-11)15(13(16)17)9-14(15,3)4/h10-12H,5-9H2,1-4H3,(H,16,17). The molecule has 0 heterocycles. The van der Waals surface area contributed by atoms with Crippen LogP contribution in [-0.2, 0) is 4.79 Å². The number of rotatable bonds is 3. The molecule has 0 bridgehead atoms. The Balaban J connectivity index is 2.04. The van der Waals surface area contributed by atoms with Crippen molar-refractivity contribution in [2.45, 2.75) is 59.8 Å². The van der Waals surface area contributed by atoms with Crippen molar-refractivity contribution < 1.29 is 9.90 Å². The normalized spacial score (nSPS) is 40.3. The van der Waals surface area contributed by atoms with Gasteiger partial charge in [0.2, 0.25) is 0 Å². The van der Waals surface area contributed by atoms with E-state index in [0.717, 1.165) is 31.1 Å². The molecule has 98 valence electrons. The van der Waals surface area contributed by atoms with E-state index in [1.54, 1.807) is 0 Å². The molecule has 0 aromatic heterocycles. The third kappa shape index (κ3) is 1.90. The number of carboxylic acids is 1. The fraction of sp³-hybridized carbons (Fsp3) is 0.933. The molecule has 2 rings (SSSR count). The molecule has 0 aliphatic heterocycles. The average Bonchev–Trinajstić information content (AvgIpc) is 2.83. The van der Waals surface area contributed by atoms with Gasteiger partial charge in [0.05, 0.1) is 5.41 Å². The minimum Gasteiger partial charge on any atom is -0.481 e. The lowest BCUT2D eigenvalue weighted by Crippen LogP contribution is -2.33. The van der Waals surface area contributed by atoms with Crippen LogP contribution in [0.15, 0.2) is 0 Å². The molecule has 2 heteroatoms. The lowest BCUT2D eigenvalue weighted by molar-refractivity contribution is -0.148. The molecule has 0 amide bonds. The molecule has 0 aromatic rings. The molecule has 1 unspecified atom stereocenters. The predicted molar refractivity (Wildman–Crippen MR) is 68.8 cm³/mol. The topological polar surface area (TPSA) is 37.3 Å². The van der Waals surface area contributed by atoms with E-state index >= 15 is 0 Å². The van der Waals surface area contributed by atoms with Crippen molar-refractivity contribution in [1.82, 2.24) is 0 Å². The van der Waals surface area contributed by atoms with E-state index in [2.05, 4.69) is 27.7 Å². The Kier molecular flexibility index (Phi) is 3.04. The fourth-order valence-corrected chi connectivity index (χ4v) is 4.17. The molecule has 17 heavy (non-hydrogen) atoms. The fourth-order valence-electron chi connectivity index (χ4n) is 4.17. The quantitative estimate of drug-likeness (QED) is 0.808. The van der Waals surface area contributed by atoms with Crippen molar-refractivity contribution >= 4 is 5.97 Å². The van der Waals surface area contributed by atoms with Crippen molar-refractivity contribution in [3.8, 4) is 0 Å². The second-order valence-corrected chi connectivity index (χ2v) is 7.19. The van der Waals surface area contributed by atoms with Gasteiger partial charge in [0.1, 0.15) is 0 Å². The SMILES string of the molecule is CC(C)C1CCC(C2(C(=O)O)CC2(C)C)CC1. The van der Waals surface area contributed by atoms with Crippen LogP contribution in [0.1, 0.15) is 59.8 Å². The number of carbonyl (C=O) groups is 1. The summed E-state index contributed by atoms with van der Waals surface area (Å²) in [5.74, 6) is 1.45. The van der Waals surface area contributed by atoms with Gasteiger partial charge in [-0.2, -0.15) is 0 Å². The molecule has 2 saturated carbocycles. The van der Waals surface area contributed by atoms with Crippen LogP contribution in [0, 0.1) is 28.6 Å². The molecule has 2 aliphatic rings. The van der Waals surface area contributed by atoms with Gasteiger partial charge >= 0.3 is 5.97 Å². The van der Waals surface area contributed by atoms with Crippen LogP contribution in [-0.4, -0.2) is 11.1 Å². The van der Waals surface area contributed by atoms with E-state index in [0.29, 0.717) is 5.92 Å². The average molecular weight is 238 g/mol. The maximum absolute atomic E-state index is 11.6. The Bertz CT molecular complexity index is 311. The van der Waals surface area contributed by atoms with Gasteiger partial charge in [0, 0.05) is 0 Å². The van der Waals surface area contributed by atoms with Gasteiger partial charge in [-0.15, -0.1) is 0 Å². The predicted octanol–water partition coefficient (Wildman–Crippen LogP) is 3.95. The van der Waals surface area contributed by atoms with Gasteiger partial charge in [0.25, 0.3) is 0 Å². The Morgan fingerprint density at radius 1 is 1.18 bits per heavy atom. The highest BCUT2D eigenvalue weighted by Gasteiger charge is 2.69. The maximum atomic E-state index is 11.6. The van der Waals surface area contributed by atoms with Gasteiger partial charge < -0.3 is 5.11 Å². The first-order valence-corrected chi connectivity index (χ1v) is 7.04. The molecule has 0 aromatic carbocycles. The lowest BCUT2D eigenvalue weighted by atomic mass is 9.69. The van der Waals surface area contributed by atoms with E-state index in [-0.39, 0.29) is 5.41 Å². The zero-order chi connectivity index (χ0) is 12.8. The summed E-state index contributed by atoms with van der Waals surface area (Å²) in [6.45, 7) is 8.82. The van der Waals surface area contributed by atoms with E-state index < -0.39 is 11.4 Å². The Morgan fingerprint density at radius 2 is 1.65 bits per heavy atom. The number of hydrogen-bond acceptors (Lipinski definition) is 1. The minimum atomic E-state index is -0.546. The summed E-state index contributed by atoms with van der Waals surface area (Å²) < 4.78 is 0. The van der Waals surface area contributed by atoms with E-state index in [9.17, 15) is 9.90 Å². The molecule has 0 radical (unpaired) electrons. The smallest absolute Gasteiger partial charge is 0.310 e. The molecule has 2 nitrogen and oxygen atoms in total. The monoisotopic (exact) mass is 238 g/mol. The van der Waals surface area contributed by atoms with Gasteiger partial charge in [-0.05, 0) is 55.3 Å². The summed E-state index contributed by atoms with van der Waals surface area (Å²) in [7, 11) is 0. The maximum Gasteiger partial charge on any atom is 0.310 e. The first-order valence-electron chi connectivity index (χ1n) is 7.04. The lowest BCUT2D eigenvalue weighted by Gasteiger charge is -2.35. The summed E-state index contributed by atoms with van der Waals surface area (Å²) in [5.41, 5.74) is -0.372. The summed E-state index contributed by atoms with van der Waals surface area (Å²) >= 11 is 0. The van der Waals surface area contributed by atoms with Crippen molar-refractivity contribution in [1.29, 1.82) is 0 Å². The van der Waals surface area contributed by atoms with Crippen molar-refractivity contribution in [2.75, 3.05) is 0 Å². The zero-order valence-electron chi connectivity index (χ0n) is 11.6. The molecular weight excluding hydrogens is 212 g/mol. The molecule has 1 atom stereocenters. The highest BCUT2D eigenvalue weighted by atomic mass is 16.4. The van der Waals surface area contributed by atoms with Gasteiger partial charge in [0.15, 0.2) is 0 Å². The van der Waals surface area contributed by atoms with Crippen LogP contribution < -0.4 is 0 Å². The molecule has 2 fully saturated rings. The molecule has 0 spiro atoms. The molecular formula is C15H26O2. The number of aliphatic carboxylic acids is 1. The third-order valence-corrected chi connectivity index (χ3v) is 5.60. The zero-order valence-corrected chi connectivity index (χ0v) is 11.6. The summed E-state index contributed by atoms with van der Waals surface area (Å²) in [6, 6.07) is 0. The van der Waals surface area contributed by atoms with Crippen LogP contribution >= 0.6 is 0 Å². The van der Waals surface area contributed by atoms with Crippen LogP contribution in [0.2, 0.25) is 0 Å². The summed E-state index contributed by atoms with van der Waals surface area (Å²) in [4.78, 5) is 11.6. The Morgan fingerprint density at radius 3 is 1.94 bits per heavy atom. The second kappa shape index (κ2) is 4.00. The minimum absolute atomic E-state index is 0.0220. The molecule has 0 saturated heterocycles. The van der Waals surface area contributed by atoms with Crippen LogP contribution in [0.5, 0.6) is 0 Å².